The highest BCUT2D eigenvalue weighted by Gasteiger charge is 2.40. The fourth-order valence-corrected chi connectivity index (χ4v) is 7.51. The van der Waals surface area contributed by atoms with Gasteiger partial charge in [-0.15, -0.1) is 0 Å². The molecule has 2 unspecified atom stereocenters. The molecule has 3 aromatic rings. The number of rotatable bonds is 6. The lowest BCUT2D eigenvalue weighted by molar-refractivity contribution is 0.0515. The second kappa shape index (κ2) is 13.3. The minimum absolute atomic E-state index is 0.0723. The predicted molar refractivity (Wildman–Crippen MR) is 186 cm³/mol. The third kappa shape index (κ3) is 5.96. The number of morpholine rings is 1. The minimum Gasteiger partial charge on any atom is -0.472 e. The molecule has 2 N–H and O–H groups in total. The number of ether oxygens (including phenoxy) is 3. The van der Waals surface area contributed by atoms with Gasteiger partial charge in [-0.3, -0.25) is 10.2 Å². The standard InChI is InChI=1S/C36H32Cl2FN5O5/c1-41-14-31-29(40)8-9-30(42-31)20-10-26(37)33(27(38)11-20)35(45)43-15-19-4-3-5-23(34(19)49-18-43)24-13-32(25(12-28(24)39)36(46)47-2)44-21-6-7-22(44)17-48-16-21/h3-5,8-14,21-22,40-41H,6-7,15-18H2,1-2H3/b31-14+,40-29?. The Morgan fingerprint density at radius 1 is 1.08 bits per heavy atom. The van der Waals surface area contributed by atoms with Gasteiger partial charge in [0.2, 0.25) is 0 Å². The average molecular weight is 705 g/mol. The minimum atomic E-state index is -0.615. The van der Waals surface area contributed by atoms with Gasteiger partial charge in [0.1, 0.15) is 17.3 Å². The molecule has 252 valence electrons. The SMILES string of the molecule is CN/C=C1/N=C(c2cc(Cl)c(C(=O)N3COc4c(cccc4-c4cc(N5C6CCC5COC6)c(C(=O)OC)cc4F)C3)c(Cl)c2)C=CC1=N. The van der Waals surface area contributed by atoms with Gasteiger partial charge in [-0.25, -0.2) is 14.2 Å². The molecule has 13 heteroatoms. The van der Waals surface area contributed by atoms with E-state index < -0.39 is 17.7 Å². The Labute approximate surface area is 292 Å². The summed E-state index contributed by atoms with van der Waals surface area (Å²) in [4.78, 5) is 34.8. The van der Waals surface area contributed by atoms with Crippen molar-refractivity contribution in [2.24, 2.45) is 4.99 Å². The van der Waals surface area contributed by atoms with Gasteiger partial charge < -0.3 is 29.3 Å². The number of methoxy groups -OCH3 is 1. The van der Waals surface area contributed by atoms with Crippen LogP contribution in [-0.4, -0.2) is 74.4 Å². The summed E-state index contributed by atoms with van der Waals surface area (Å²) in [6.07, 6.45) is 6.75. The molecule has 4 aliphatic heterocycles. The van der Waals surface area contributed by atoms with Gasteiger partial charge in [-0.05, 0) is 49.3 Å². The zero-order valence-corrected chi connectivity index (χ0v) is 28.2. The topological polar surface area (TPSA) is 117 Å². The molecule has 4 heterocycles. The molecular formula is C36H32Cl2FN5O5. The number of allylic oxidation sites excluding steroid dienone is 2. The van der Waals surface area contributed by atoms with Crippen molar-refractivity contribution in [3.63, 3.8) is 0 Å². The number of nitrogens with zero attached hydrogens (tertiary/aromatic N) is 3. The van der Waals surface area contributed by atoms with E-state index in [0.29, 0.717) is 52.7 Å². The fraction of sp³-hybridized carbons (Fsp3) is 0.278. The Morgan fingerprint density at radius 3 is 2.51 bits per heavy atom. The number of hydrogen-bond acceptors (Lipinski definition) is 9. The maximum Gasteiger partial charge on any atom is 0.340 e. The number of hydrogen-bond donors (Lipinski definition) is 2. The highest BCUT2D eigenvalue weighted by Crippen LogP contribution is 2.43. The molecule has 2 atom stereocenters. The number of para-hydroxylation sites is 1. The molecule has 3 aromatic carbocycles. The van der Waals surface area contributed by atoms with E-state index in [1.165, 1.54) is 18.1 Å². The lowest BCUT2D eigenvalue weighted by atomic mass is 9.96. The maximum absolute atomic E-state index is 15.9. The average Bonchev–Trinajstić information content (AvgIpc) is 3.34. The number of dihydropyridines is 1. The van der Waals surface area contributed by atoms with Crippen molar-refractivity contribution in [3.05, 3.63) is 105 Å². The van der Waals surface area contributed by atoms with Gasteiger partial charge in [0, 0.05) is 35.5 Å². The van der Waals surface area contributed by atoms with Crippen molar-refractivity contribution in [3.8, 4) is 16.9 Å². The molecule has 4 aliphatic rings. The summed E-state index contributed by atoms with van der Waals surface area (Å²) in [5, 5.41) is 11.2. The van der Waals surface area contributed by atoms with Crippen LogP contribution in [0.15, 0.2) is 71.5 Å². The van der Waals surface area contributed by atoms with Crippen LogP contribution in [0.5, 0.6) is 5.75 Å². The molecule has 49 heavy (non-hydrogen) atoms. The summed E-state index contributed by atoms with van der Waals surface area (Å²) >= 11 is 13.3. The number of carbonyl (C=O) groups is 2. The van der Waals surface area contributed by atoms with Crippen LogP contribution in [0.4, 0.5) is 10.1 Å². The monoisotopic (exact) mass is 703 g/mol. The number of aliphatic imine (C=N–C) groups is 1. The third-order valence-corrected chi connectivity index (χ3v) is 9.76. The molecule has 0 aromatic heterocycles. The van der Waals surface area contributed by atoms with E-state index in [-0.39, 0.29) is 57.8 Å². The number of carbonyl (C=O) groups excluding carboxylic acids is 2. The summed E-state index contributed by atoms with van der Waals surface area (Å²) in [6.45, 7) is 1.09. The van der Waals surface area contributed by atoms with E-state index in [2.05, 4.69) is 15.2 Å². The van der Waals surface area contributed by atoms with Crippen molar-refractivity contribution in [2.45, 2.75) is 31.5 Å². The van der Waals surface area contributed by atoms with Crippen LogP contribution < -0.4 is 15.0 Å². The second-order valence-corrected chi connectivity index (χ2v) is 12.9. The van der Waals surface area contributed by atoms with E-state index in [1.807, 2.05) is 6.07 Å². The van der Waals surface area contributed by atoms with Crippen LogP contribution in [0.1, 0.15) is 44.7 Å². The van der Waals surface area contributed by atoms with Crippen LogP contribution in [0.2, 0.25) is 10.0 Å². The predicted octanol–water partition coefficient (Wildman–Crippen LogP) is 6.39. The summed E-state index contributed by atoms with van der Waals surface area (Å²) in [7, 11) is 3.00. The summed E-state index contributed by atoms with van der Waals surface area (Å²) in [5.41, 5.74) is 4.13. The van der Waals surface area contributed by atoms with Crippen LogP contribution in [0.3, 0.4) is 0 Å². The maximum atomic E-state index is 15.9. The first kappa shape index (κ1) is 32.8. The fourth-order valence-electron chi connectivity index (χ4n) is 6.86. The normalized spacial score (nSPS) is 20.6. The first-order valence-electron chi connectivity index (χ1n) is 15.7. The Morgan fingerprint density at radius 2 is 1.82 bits per heavy atom. The van der Waals surface area contributed by atoms with Crippen LogP contribution >= 0.6 is 23.2 Å². The van der Waals surface area contributed by atoms with Crippen molar-refractivity contribution >= 4 is 52.2 Å². The molecule has 0 spiro atoms. The number of esters is 1. The number of nitrogens with one attached hydrogen (secondary N) is 2. The molecule has 7 rings (SSSR count). The Balaban J connectivity index is 1.18. The molecule has 1 amide bonds. The summed E-state index contributed by atoms with van der Waals surface area (Å²) in [6, 6.07) is 11.7. The van der Waals surface area contributed by atoms with E-state index in [4.69, 9.17) is 42.8 Å². The number of benzene rings is 3. The van der Waals surface area contributed by atoms with Crippen molar-refractivity contribution < 1.29 is 28.2 Å². The summed E-state index contributed by atoms with van der Waals surface area (Å²) in [5.74, 6) is -1.20. The molecule has 0 aliphatic carbocycles. The second-order valence-electron chi connectivity index (χ2n) is 12.1. The Hall–Kier alpha value is -4.71. The molecule has 2 saturated heterocycles. The highest BCUT2D eigenvalue weighted by atomic mass is 35.5. The van der Waals surface area contributed by atoms with E-state index in [0.717, 1.165) is 12.8 Å². The van der Waals surface area contributed by atoms with Gasteiger partial charge in [-0.1, -0.05) is 41.4 Å². The van der Waals surface area contributed by atoms with Gasteiger partial charge in [0.05, 0.1) is 77.2 Å². The smallest absolute Gasteiger partial charge is 0.340 e. The molecule has 0 radical (unpaired) electrons. The van der Waals surface area contributed by atoms with Gasteiger partial charge >= 0.3 is 5.97 Å². The number of anilines is 1. The van der Waals surface area contributed by atoms with Gasteiger partial charge in [0.25, 0.3) is 5.91 Å². The Kier molecular flexibility index (Phi) is 8.91. The van der Waals surface area contributed by atoms with E-state index in [1.54, 1.807) is 55.7 Å². The molecular weight excluding hydrogens is 672 g/mol. The number of halogens is 3. The lowest BCUT2D eigenvalue weighted by Gasteiger charge is -2.37. The van der Waals surface area contributed by atoms with Crippen molar-refractivity contribution in [1.29, 1.82) is 5.41 Å². The quantitative estimate of drug-likeness (QED) is 0.286. The Bertz CT molecular complexity index is 1960. The van der Waals surface area contributed by atoms with Gasteiger partial charge in [-0.2, -0.15) is 0 Å². The zero-order valence-electron chi connectivity index (χ0n) is 26.7. The largest absolute Gasteiger partial charge is 0.472 e. The third-order valence-electron chi connectivity index (χ3n) is 9.17. The molecule has 10 nitrogen and oxygen atoms in total. The molecule has 0 saturated carbocycles. The first-order valence-corrected chi connectivity index (χ1v) is 16.5. The van der Waals surface area contributed by atoms with Crippen LogP contribution in [0.25, 0.3) is 11.1 Å². The van der Waals surface area contributed by atoms with Crippen molar-refractivity contribution in [2.75, 3.05) is 39.0 Å². The van der Waals surface area contributed by atoms with Gasteiger partial charge in [0.15, 0.2) is 6.73 Å². The van der Waals surface area contributed by atoms with E-state index >= 15 is 4.39 Å². The lowest BCUT2D eigenvalue weighted by Crippen LogP contribution is -2.46. The first-order chi connectivity index (χ1) is 23.7. The number of fused-ring (bicyclic) bond motifs is 3. The van der Waals surface area contributed by atoms with Crippen LogP contribution in [-0.2, 0) is 16.0 Å². The van der Waals surface area contributed by atoms with Crippen molar-refractivity contribution in [1.82, 2.24) is 10.2 Å². The summed E-state index contributed by atoms with van der Waals surface area (Å²) < 4.78 is 32.8. The zero-order chi connectivity index (χ0) is 34.4. The van der Waals surface area contributed by atoms with E-state index in [9.17, 15) is 9.59 Å². The number of amides is 1. The molecule has 2 bridgehead atoms. The highest BCUT2D eigenvalue weighted by molar-refractivity contribution is 6.40. The molecule has 2 fully saturated rings. The van der Waals surface area contributed by atoms with Crippen LogP contribution in [0, 0.1) is 11.2 Å².